The summed E-state index contributed by atoms with van der Waals surface area (Å²) in [5.41, 5.74) is 0.817. The Morgan fingerprint density at radius 2 is 1.19 bits per heavy atom. The van der Waals surface area contributed by atoms with Gasteiger partial charge in [-0.05, 0) is 49.9 Å². The molecule has 9 nitrogen and oxygen atoms in total. The van der Waals surface area contributed by atoms with Gasteiger partial charge >= 0.3 is 18.7 Å². The molecule has 0 radical (unpaired) electrons. The Bertz CT molecular complexity index is 1620. The van der Waals surface area contributed by atoms with Crippen LogP contribution in [-0.2, 0) is 11.3 Å². The molecule has 2 saturated carbocycles. The number of para-hydroxylation sites is 2. The molecule has 4 aromatic rings. The van der Waals surface area contributed by atoms with Crippen LogP contribution in [0.25, 0.3) is 22.5 Å². The lowest BCUT2D eigenvalue weighted by atomic mass is 10.0. The maximum absolute atomic E-state index is 12.5. The van der Waals surface area contributed by atoms with Crippen LogP contribution in [0, 0.1) is 0 Å². The van der Waals surface area contributed by atoms with Gasteiger partial charge in [-0.25, -0.2) is 4.79 Å². The first kappa shape index (κ1) is 39.6. The van der Waals surface area contributed by atoms with Crippen molar-refractivity contribution >= 4 is 5.97 Å². The zero-order valence-electron chi connectivity index (χ0n) is 24.9. The summed E-state index contributed by atoms with van der Waals surface area (Å²) in [6, 6.07) is 11.1. The van der Waals surface area contributed by atoms with Crippen molar-refractivity contribution in [2.45, 2.75) is 85.6 Å². The third kappa shape index (κ3) is 9.75. The van der Waals surface area contributed by atoms with E-state index in [2.05, 4.69) is 19.8 Å². The second kappa shape index (κ2) is 16.5. The van der Waals surface area contributed by atoms with Crippen LogP contribution in [0.5, 0.6) is 11.5 Å². The summed E-state index contributed by atoms with van der Waals surface area (Å²) in [5.74, 6) is -0.394. The maximum Gasteiger partial charge on any atom is 0.573 e. The molecule has 2 aliphatic rings. The number of halogens is 6. The predicted octanol–water partition coefficient (Wildman–Crippen LogP) is 9.81. The average Bonchev–Trinajstić information content (AvgIpc) is 3.96. The molecule has 0 amide bonds. The Balaban J connectivity index is 0.000000306. The Kier molecular flexibility index (Phi) is 13.7. The number of carbonyl (C=O) groups is 1. The van der Waals surface area contributed by atoms with Crippen LogP contribution in [0.1, 0.15) is 93.7 Å². The maximum atomic E-state index is 12.5. The van der Waals surface area contributed by atoms with Gasteiger partial charge in [0.1, 0.15) is 34.2 Å². The van der Waals surface area contributed by atoms with Crippen molar-refractivity contribution in [1.82, 2.24) is 10.3 Å². The Hall–Kier alpha value is -4.53. The Morgan fingerprint density at radius 1 is 0.771 bits per heavy atom. The number of alkyl halides is 6. The molecule has 2 aliphatic carbocycles. The first-order chi connectivity index (χ1) is 21.9. The summed E-state index contributed by atoms with van der Waals surface area (Å²) in [4.78, 5) is 12.0. The first-order valence-corrected chi connectivity index (χ1v) is 14.3. The number of rotatable bonds is 8. The van der Waals surface area contributed by atoms with Gasteiger partial charge in [-0.2, -0.15) is 0 Å². The van der Waals surface area contributed by atoms with Crippen molar-refractivity contribution in [2.24, 2.45) is 0 Å². The third-order valence-corrected chi connectivity index (χ3v) is 6.72. The molecule has 2 fully saturated rings. The highest BCUT2D eigenvalue weighted by Gasteiger charge is 2.38. The van der Waals surface area contributed by atoms with E-state index in [0.717, 1.165) is 31.7 Å². The van der Waals surface area contributed by atoms with E-state index in [4.69, 9.17) is 13.8 Å². The number of ether oxygens (including phenoxy) is 3. The van der Waals surface area contributed by atoms with Crippen LogP contribution in [0.15, 0.2) is 57.6 Å². The standard InChI is InChI=1S/C15H12F3NO4.C14H12F3NO3.C2H6.2CH4/c1-21-14(20)11-12(19-23-13(11)8-6-7-8)9-4-2-3-5-10(9)22-15(16,17)18;15-14(16,17)20-11-4-2-1-3-9(11)12-10(7-19)13(21-18-12)8-5-6-8;1-2;;/h2-5,8H,6-7H2,1H3;1-4,8,19H,5-7H2;1-2H3;2*1H4. The highest BCUT2D eigenvalue weighted by molar-refractivity contribution is 5.98. The van der Waals surface area contributed by atoms with Crippen molar-refractivity contribution in [2.75, 3.05) is 7.11 Å². The van der Waals surface area contributed by atoms with Gasteiger partial charge in [-0.3, -0.25) is 0 Å². The quantitative estimate of drug-likeness (QED) is 0.143. The van der Waals surface area contributed by atoms with Crippen LogP contribution in [0.3, 0.4) is 0 Å². The van der Waals surface area contributed by atoms with Gasteiger partial charge < -0.3 is 28.4 Å². The number of carbonyl (C=O) groups excluding carboxylic acids is 1. The fourth-order valence-corrected chi connectivity index (χ4v) is 4.51. The summed E-state index contributed by atoms with van der Waals surface area (Å²) in [5, 5.41) is 17.1. The van der Waals surface area contributed by atoms with E-state index in [-0.39, 0.29) is 67.1 Å². The SMILES string of the molecule is C.C.CC.COC(=O)c1c(-c2ccccc2OC(F)(F)F)noc1C1CC1.OCc1c(-c2ccccc2OC(F)(F)F)noc1C1CC1. The van der Waals surface area contributed by atoms with Crippen LogP contribution in [-0.4, -0.2) is 41.2 Å². The van der Waals surface area contributed by atoms with E-state index in [0.29, 0.717) is 17.1 Å². The smallest absolute Gasteiger partial charge is 0.465 e. The van der Waals surface area contributed by atoms with Gasteiger partial charge in [0.15, 0.2) is 5.76 Å². The third-order valence-electron chi connectivity index (χ3n) is 6.72. The van der Waals surface area contributed by atoms with Gasteiger partial charge in [0, 0.05) is 28.5 Å². The second-order valence-electron chi connectivity index (χ2n) is 9.93. The number of nitrogens with zero attached hydrogens (tertiary/aromatic N) is 2. The minimum Gasteiger partial charge on any atom is -0.465 e. The minimum absolute atomic E-state index is 0. The van der Waals surface area contributed by atoms with Crippen molar-refractivity contribution in [3.8, 4) is 34.0 Å². The Labute approximate surface area is 273 Å². The van der Waals surface area contributed by atoms with Gasteiger partial charge in [0.2, 0.25) is 0 Å². The van der Waals surface area contributed by atoms with Gasteiger partial charge in [-0.1, -0.05) is 63.3 Å². The molecule has 264 valence electrons. The predicted molar refractivity (Wildman–Crippen MR) is 163 cm³/mol. The molecule has 0 saturated heterocycles. The molecule has 2 aromatic heterocycles. The zero-order valence-corrected chi connectivity index (χ0v) is 24.9. The van der Waals surface area contributed by atoms with Crippen molar-refractivity contribution in [3.63, 3.8) is 0 Å². The Morgan fingerprint density at radius 3 is 1.62 bits per heavy atom. The molecule has 48 heavy (non-hydrogen) atoms. The van der Waals surface area contributed by atoms with E-state index in [1.165, 1.54) is 43.5 Å². The molecule has 1 N–H and O–H groups in total. The number of aliphatic hydroxyl groups is 1. The monoisotopic (exact) mass is 688 g/mol. The van der Waals surface area contributed by atoms with Gasteiger partial charge in [0.25, 0.3) is 0 Å². The molecule has 15 heteroatoms. The van der Waals surface area contributed by atoms with E-state index in [9.17, 15) is 36.2 Å². The number of esters is 1. The normalized spacial score (nSPS) is 13.8. The molecule has 6 rings (SSSR count). The largest absolute Gasteiger partial charge is 0.573 e. The fraction of sp³-hybridized carbons (Fsp3) is 0.424. The molecule has 2 aromatic carbocycles. The fourth-order valence-electron chi connectivity index (χ4n) is 4.51. The number of aliphatic hydroxyl groups excluding tert-OH is 1. The summed E-state index contributed by atoms with van der Waals surface area (Å²) in [7, 11) is 1.19. The molecular formula is C33H38F6N2O7. The summed E-state index contributed by atoms with van der Waals surface area (Å²) < 4.78 is 98.1. The van der Waals surface area contributed by atoms with Crippen molar-refractivity contribution < 1.29 is 59.5 Å². The molecule has 2 heterocycles. The lowest BCUT2D eigenvalue weighted by Crippen LogP contribution is -2.17. The number of benzene rings is 2. The molecule has 0 unspecified atom stereocenters. The van der Waals surface area contributed by atoms with Crippen LogP contribution < -0.4 is 9.47 Å². The number of methoxy groups -OCH3 is 1. The molecule has 0 spiro atoms. The molecule has 0 aliphatic heterocycles. The number of aromatic nitrogens is 2. The molecular weight excluding hydrogens is 650 g/mol. The van der Waals surface area contributed by atoms with Gasteiger partial charge in [-0.15, -0.1) is 26.3 Å². The topological polar surface area (TPSA) is 117 Å². The minimum atomic E-state index is -4.86. The van der Waals surface area contributed by atoms with E-state index in [1.807, 2.05) is 13.8 Å². The summed E-state index contributed by atoms with van der Waals surface area (Å²) >= 11 is 0. The molecule has 0 bridgehead atoms. The summed E-state index contributed by atoms with van der Waals surface area (Å²) in [6.45, 7) is 3.66. The second-order valence-corrected chi connectivity index (χ2v) is 9.93. The zero-order chi connectivity index (χ0) is 33.6. The van der Waals surface area contributed by atoms with E-state index < -0.39 is 24.4 Å². The highest BCUT2D eigenvalue weighted by Crippen LogP contribution is 2.46. The number of hydrogen-bond acceptors (Lipinski definition) is 9. The first-order valence-electron chi connectivity index (χ1n) is 14.3. The lowest BCUT2D eigenvalue weighted by molar-refractivity contribution is -0.275. The van der Waals surface area contributed by atoms with Crippen molar-refractivity contribution in [1.29, 1.82) is 0 Å². The average molecular weight is 689 g/mol. The van der Waals surface area contributed by atoms with Crippen LogP contribution in [0.4, 0.5) is 26.3 Å². The van der Waals surface area contributed by atoms with Crippen molar-refractivity contribution in [3.05, 3.63) is 71.2 Å². The van der Waals surface area contributed by atoms with E-state index in [1.54, 1.807) is 6.07 Å². The highest BCUT2D eigenvalue weighted by atomic mass is 19.4. The van der Waals surface area contributed by atoms with E-state index >= 15 is 0 Å². The lowest BCUT2D eigenvalue weighted by Gasteiger charge is -2.12. The summed E-state index contributed by atoms with van der Waals surface area (Å²) in [6.07, 6.45) is -6.12. The van der Waals surface area contributed by atoms with Crippen LogP contribution >= 0.6 is 0 Å². The van der Waals surface area contributed by atoms with Gasteiger partial charge in [0.05, 0.1) is 13.7 Å². The molecule has 0 atom stereocenters. The van der Waals surface area contributed by atoms with Crippen LogP contribution in [0.2, 0.25) is 0 Å². The number of hydrogen-bond donors (Lipinski definition) is 1.